The minimum absolute atomic E-state index is 0.0599. The molecule has 0 bridgehead atoms. The van der Waals surface area contributed by atoms with Gasteiger partial charge in [0.1, 0.15) is 0 Å². The Morgan fingerprint density at radius 3 is 2.68 bits per heavy atom. The van der Waals surface area contributed by atoms with Gasteiger partial charge in [0.2, 0.25) is 11.5 Å². The van der Waals surface area contributed by atoms with Crippen LogP contribution in [0.3, 0.4) is 0 Å². The van der Waals surface area contributed by atoms with Gasteiger partial charge < -0.3 is 10.3 Å². The molecule has 2 aromatic rings. The molecule has 0 radical (unpaired) electrons. The van der Waals surface area contributed by atoms with Gasteiger partial charge in [0, 0.05) is 18.7 Å². The molecule has 4 nitrogen and oxygen atoms in total. The molecule has 0 aliphatic heterocycles. The van der Waals surface area contributed by atoms with Crippen molar-refractivity contribution in [3.8, 4) is 0 Å². The third kappa shape index (κ3) is 3.81. The summed E-state index contributed by atoms with van der Waals surface area (Å²) in [7, 11) is 0. The van der Waals surface area contributed by atoms with E-state index in [0.29, 0.717) is 18.5 Å². The summed E-state index contributed by atoms with van der Waals surface area (Å²) in [5.74, 6) is -0.0599. The fourth-order valence-electron chi connectivity index (χ4n) is 1.85. The number of carbonyl (C=O) groups excluding carboxylic acids is 1. The largest absolute Gasteiger partial charge is 0.327 e. The molecule has 2 N–H and O–H groups in total. The molecule has 0 saturated carbocycles. The van der Waals surface area contributed by atoms with E-state index in [-0.39, 0.29) is 11.5 Å². The molecule has 1 heterocycles. The highest BCUT2D eigenvalue weighted by Gasteiger charge is 2.04. The van der Waals surface area contributed by atoms with E-state index >= 15 is 0 Å². The predicted molar refractivity (Wildman–Crippen MR) is 75.2 cm³/mol. The smallest absolute Gasteiger partial charge is 0.248 e. The van der Waals surface area contributed by atoms with Crippen LogP contribution in [0.2, 0.25) is 0 Å². The number of carbonyl (C=O) groups is 1. The van der Waals surface area contributed by atoms with Gasteiger partial charge in [-0.15, -0.1) is 0 Å². The highest BCUT2D eigenvalue weighted by atomic mass is 16.1. The molecule has 0 atom stereocenters. The quantitative estimate of drug-likeness (QED) is 0.881. The van der Waals surface area contributed by atoms with Gasteiger partial charge in [-0.05, 0) is 30.5 Å². The second kappa shape index (κ2) is 6.00. The van der Waals surface area contributed by atoms with Crippen molar-refractivity contribution in [3.05, 3.63) is 64.1 Å². The van der Waals surface area contributed by atoms with E-state index in [0.717, 1.165) is 0 Å². The van der Waals surface area contributed by atoms with Crippen LogP contribution in [0.5, 0.6) is 0 Å². The molecule has 0 aliphatic rings. The van der Waals surface area contributed by atoms with Crippen LogP contribution in [0.25, 0.3) is 0 Å². The van der Waals surface area contributed by atoms with Crippen LogP contribution in [-0.2, 0) is 11.2 Å². The molecular formula is C15H16N2O2. The molecule has 0 unspecified atom stereocenters. The number of hydrogen-bond donors (Lipinski definition) is 2. The molecule has 0 aliphatic carbocycles. The van der Waals surface area contributed by atoms with Crippen LogP contribution in [0.1, 0.15) is 17.5 Å². The first kappa shape index (κ1) is 13.1. The first-order valence-electron chi connectivity index (χ1n) is 6.18. The fourth-order valence-corrected chi connectivity index (χ4v) is 1.85. The lowest BCUT2D eigenvalue weighted by molar-refractivity contribution is -0.116. The highest BCUT2D eigenvalue weighted by molar-refractivity contribution is 5.90. The normalized spacial score (nSPS) is 10.2. The van der Waals surface area contributed by atoms with Crippen LogP contribution in [0.4, 0.5) is 5.69 Å². The van der Waals surface area contributed by atoms with Gasteiger partial charge in [-0.3, -0.25) is 9.59 Å². The number of pyridine rings is 1. The molecule has 1 amide bonds. The predicted octanol–water partition coefficient (Wildman–Crippen LogP) is 2.25. The third-order valence-corrected chi connectivity index (χ3v) is 2.95. The molecule has 0 fully saturated rings. The molecule has 1 aromatic heterocycles. The summed E-state index contributed by atoms with van der Waals surface area (Å²) in [5, 5.41) is 2.75. The maximum absolute atomic E-state index is 11.8. The average molecular weight is 256 g/mol. The van der Waals surface area contributed by atoms with Crippen LogP contribution >= 0.6 is 0 Å². The van der Waals surface area contributed by atoms with Gasteiger partial charge >= 0.3 is 0 Å². The van der Waals surface area contributed by atoms with E-state index in [9.17, 15) is 9.59 Å². The maximum Gasteiger partial charge on any atom is 0.248 e. The Morgan fingerprint density at radius 1 is 1.21 bits per heavy atom. The van der Waals surface area contributed by atoms with E-state index in [4.69, 9.17) is 0 Å². The Bertz CT molecular complexity index is 612. The molecule has 1 aromatic carbocycles. The Kier molecular flexibility index (Phi) is 4.13. The Morgan fingerprint density at radius 2 is 2.00 bits per heavy atom. The summed E-state index contributed by atoms with van der Waals surface area (Å²) in [6, 6.07) is 11.0. The van der Waals surface area contributed by atoms with Crippen LogP contribution < -0.4 is 10.9 Å². The van der Waals surface area contributed by atoms with Gasteiger partial charge in [-0.25, -0.2) is 0 Å². The van der Waals surface area contributed by atoms with Gasteiger partial charge in [0.05, 0.1) is 5.69 Å². The SMILES string of the molecule is Cc1ccccc1CCC(=O)Nc1ccc(=O)[nH]c1. The van der Waals surface area contributed by atoms with Crippen LogP contribution in [-0.4, -0.2) is 10.9 Å². The zero-order valence-corrected chi connectivity index (χ0v) is 10.8. The number of anilines is 1. The van der Waals surface area contributed by atoms with Gasteiger partial charge in [0.25, 0.3) is 0 Å². The Hall–Kier alpha value is -2.36. The first-order valence-corrected chi connectivity index (χ1v) is 6.18. The topological polar surface area (TPSA) is 62.0 Å². The number of nitrogens with one attached hydrogen (secondary N) is 2. The van der Waals surface area contributed by atoms with Crippen molar-refractivity contribution in [1.82, 2.24) is 4.98 Å². The zero-order chi connectivity index (χ0) is 13.7. The van der Waals surface area contributed by atoms with E-state index < -0.39 is 0 Å². The number of aryl methyl sites for hydroxylation is 2. The van der Waals surface area contributed by atoms with Crippen molar-refractivity contribution in [2.75, 3.05) is 5.32 Å². The molecule has 19 heavy (non-hydrogen) atoms. The lowest BCUT2D eigenvalue weighted by Gasteiger charge is -2.06. The van der Waals surface area contributed by atoms with E-state index in [1.165, 1.54) is 23.4 Å². The monoisotopic (exact) mass is 256 g/mol. The number of aromatic amines is 1. The third-order valence-electron chi connectivity index (χ3n) is 2.95. The van der Waals surface area contributed by atoms with Crippen molar-refractivity contribution in [2.45, 2.75) is 19.8 Å². The van der Waals surface area contributed by atoms with Gasteiger partial charge in [-0.1, -0.05) is 24.3 Å². The van der Waals surface area contributed by atoms with E-state index in [2.05, 4.69) is 10.3 Å². The Balaban J connectivity index is 1.90. The molecule has 0 saturated heterocycles. The van der Waals surface area contributed by atoms with Gasteiger partial charge in [-0.2, -0.15) is 0 Å². The van der Waals surface area contributed by atoms with Crippen molar-refractivity contribution in [2.24, 2.45) is 0 Å². The van der Waals surface area contributed by atoms with Crippen molar-refractivity contribution in [1.29, 1.82) is 0 Å². The minimum atomic E-state index is -0.182. The highest BCUT2D eigenvalue weighted by Crippen LogP contribution is 2.10. The zero-order valence-electron chi connectivity index (χ0n) is 10.8. The number of H-pyrrole nitrogens is 1. The molecular weight excluding hydrogens is 240 g/mol. The average Bonchev–Trinajstić information content (AvgIpc) is 2.40. The molecule has 0 spiro atoms. The molecule has 4 heteroatoms. The lowest BCUT2D eigenvalue weighted by Crippen LogP contribution is -2.14. The van der Waals surface area contributed by atoms with E-state index in [1.54, 1.807) is 6.07 Å². The maximum atomic E-state index is 11.8. The number of benzene rings is 1. The first-order chi connectivity index (χ1) is 9.15. The Labute approximate surface area is 111 Å². The summed E-state index contributed by atoms with van der Waals surface area (Å²) >= 11 is 0. The van der Waals surface area contributed by atoms with Crippen molar-refractivity contribution >= 4 is 11.6 Å². The van der Waals surface area contributed by atoms with E-state index in [1.807, 2.05) is 31.2 Å². The summed E-state index contributed by atoms with van der Waals surface area (Å²) < 4.78 is 0. The van der Waals surface area contributed by atoms with Gasteiger partial charge in [0.15, 0.2) is 0 Å². The number of rotatable bonds is 4. The fraction of sp³-hybridized carbons (Fsp3) is 0.200. The summed E-state index contributed by atoms with van der Waals surface area (Å²) in [5.41, 5.74) is 2.80. The molecule has 98 valence electrons. The number of aromatic nitrogens is 1. The number of hydrogen-bond acceptors (Lipinski definition) is 2. The summed E-state index contributed by atoms with van der Waals surface area (Å²) in [6.45, 7) is 2.04. The lowest BCUT2D eigenvalue weighted by atomic mass is 10.0. The van der Waals surface area contributed by atoms with Crippen LogP contribution in [0, 0.1) is 6.92 Å². The van der Waals surface area contributed by atoms with Crippen LogP contribution in [0.15, 0.2) is 47.4 Å². The second-order valence-corrected chi connectivity index (χ2v) is 4.42. The van der Waals surface area contributed by atoms with Crippen molar-refractivity contribution < 1.29 is 4.79 Å². The minimum Gasteiger partial charge on any atom is -0.327 e. The summed E-state index contributed by atoms with van der Waals surface area (Å²) in [6.07, 6.45) is 2.62. The van der Waals surface area contributed by atoms with Crippen molar-refractivity contribution in [3.63, 3.8) is 0 Å². The summed E-state index contributed by atoms with van der Waals surface area (Å²) in [4.78, 5) is 25.2. The second-order valence-electron chi connectivity index (χ2n) is 4.42. The number of amides is 1. The standard InChI is InChI=1S/C15H16N2O2/c1-11-4-2-3-5-12(11)6-8-15(19)17-13-7-9-14(18)16-10-13/h2-5,7,9-10H,6,8H2,1H3,(H,16,18)(H,17,19). The molecule has 2 rings (SSSR count).